The number of piperidine rings is 1. The van der Waals surface area contributed by atoms with Crippen LogP contribution in [0.4, 0.5) is 5.69 Å². The molecule has 0 atom stereocenters. The Kier molecular flexibility index (Phi) is 7.60. The van der Waals surface area contributed by atoms with Gasteiger partial charge in [0.2, 0.25) is 21.8 Å². The summed E-state index contributed by atoms with van der Waals surface area (Å²) in [4.78, 5) is 26.4. The third kappa shape index (κ3) is 5.37. The predicted octanol–water partition coefficient (Wildman–Crippen LogP) is 3.09. The maximum Gasteiger partial charge on any atom is 0.244 e. The van der Waals surface area contributed by atoms with Gasteiger partial charge in [0.05, 0.1) is 4.90 Å². The van der Waals surface area contributed by atoms with Crippen LogP contribution in [0.15, 0.2) is 41.8 Å². The van der Waals surface area contributed by atoms with Crippen LogP contribution in [-0.4, -0.2) is 61.9 Å². The Balaban J connectivity index is 1.83. The van der Waals surface area contributed by atoms with Crippen molar-refractivity contribution in [2.45, 2.75) is 75.4 Å². The molecule has 8 nitrogen and oxygen atoms in total. The fourth-order valence-corrected chi connectivity index (χ4v) is 7.71. The minimum Gasteiger partial charge on any atom is -0.381 e. The molecule has 34 heavy (non-hydrogen) atoms. The molecule has 0 aromatic heterocycles. The summed E-state index contributed by atoms with van der Waals surface area (Å²) < 4.78 is 34.5. The van der Waals surface area contributed by atoms with Crippen LogP contribution in [0.25, 0.3) is 0 Å². The predicted molar refractivity (Wildman–Crippen MR) is 132 cm³/mol. The summed E-state index contributed by atoms with van der Waals surface area (Å²) in [5.74, 6) is -0.320. The molecule has 0 aliphatic carbocycles. The number of carbonyl (C=O) groups is 2. The molecule has 2 fully saturated rings. The Hall–Kier alpha value is -2.23. The SMILES string of the molecule is C=CC(=O)NC1CC(C)(C)N(S(=O)(=O)c2ccc(N(C)C(=O)C3CCOCC3)cc2)C(C)(C)C1. The fraction of sp³-hybridized carbons (Fsp3) is 0.600. The Labute approximate surface area is 203 Å². The Morgan fingerprint density at radius 2 is 1.62 bits per heavy atom. The van der Waals surface area contributed by atoms with Gasteiger partial charge in [-0.15, -0.1) is 0 Å². The minimum atomic E-state index is -3.84. The number of rotatable bonds is 6. The van der Waals surface area contributed by atoms with Gasteiger partial charge in [0, 0.05) is 49.0 Å². The number of carbonyl (C=O) groups excluding carboxylic acids is 2. The van der Waals surface area contributed by atoms with E-state index >= 15 is 0 Å². The van der Waals surface area contributed by atoms with Gasteiger partial charge in [0.1, 0.15) is 0 Å². The molecule has 3 rings (SSSR count). The van der Waals surface area contributed by atoms with Crippen molar-refractivity contribution < 1.29 is 22.7 Å². The highest BCUT2D eigenvalue weighted by atomic mass is 32.2. The Morgan fingerprint density at radius 3 is 2.12 bits per heavy atom. The molecule has 2 amide bonds. The molecule has 2 aliphatic heterocycles. The number of amides is 2. The van der Waals surface area contributed by atoms with Crippen LogP contribution in [0.2, 0.25) is 0 Å². The van der Waals surface area contributed by atoms with Gasteiger partial charge in [-0.2, -0.15) is 4.31 Å². The molecule has 1 aromatic rings. The van der Waals surface area contributed by atoms with Crippen molar-refractivity contribution in [2.24, 2.45) is 5.92 Å². The van der Waals surface area contributed by atoms with E-state index in [2.05, 4.69) is 11.9 Å². The highest BCUT2D eigenvalue weighted by molar-refractivity contribution is 7.89. The lowest BCUT2D eigenvalue weighted by molar-refractivity contribution is -0.124. The summed E-state index contributed by atoms with van der Waals surface area (Å²) in [7, 11) is -2.12. The first-order valence-corrected chi connectivity index (χ1v) is 13.2. The number of nitrogens with one attached hydrogen (secondary N) is 1. The van der Waals surface area contributed by atoms with Crippen molar-refractivity contribution in [1.82, 2.24) is 9.62 Å². The lowest BCUT2D eigenvalue weighted by Gasteiger charge is -2.53. The molecule has 0 spiro atoms. The molecule has 2 heterocycles. The second kappa shape index (κ2) is 9.79. The average molecular weight is 492 g/mol. The number of nitrogens with zero attached hydrogens (tertiary/aromatic N) is 2. The second-order valence-electron chi connectivity index (χ2n) is 10.5. The first kappa shape index (κ1) is 26.4. The van der Waals surface area contributed by atoms with Gasteiger partial charge in [0.25, 0.3) is 0 Å². The maximum absolute atomic E-state index is 13.8. The minimum absolute atomic E-state index is 0.0183. The van der Waals surface area contributed by atoms with Gasteiger partial charge in [-0.25, -0.2) is 8.42 Å². The molecule has 0 unspecified atom stereocenters. The number of benzene rings is 1. The average Bonchev–Trinajstić information content (AvgIpc) is 2.76. The van der Waals surface area contributed by atoms with E-state index in [0.29, 0.717) is 44.6 Å². The van der Waals surface area contributed by atoms with Crippen molar-refractivity contribution >= 4 is 27.5 Å². The Bertz CT molecular complexity index is 1010. The highest BCUT2D eigenvalue weighted by Crippen LogP contribution is 2.42. The zero-order chi connectivity index (χ0) is 25.3. The molecular weight excluding hydrogens is 454 g/mol. The van der Waals surface area contributed by atoms with Crippen molar-refractivity contribution in [1.29, 1.82) is 0 Å². The summed E-state index contributed by atoms with van der Waals surface area (Å²) in [6.07, 6.45) is 3.59. The van der Waals surface area contributed by atoms with Crippen LogP contribution in [-0.2, 0) is 24.3 Å². The first-order chi connectivity index (χ1) is 15.8. The summed E-state index contributed by atoms with van der Waals surface area (Å²) in [6.45, 7) is 12.2. The van der Waals surface area contributed by atoms with Gasteiger partial charge < -0.3 is 15.0 Å². The molecule has 1 N–H and O–H groups in total. The largest absolute Gasteiger partial charge is 0.381 e. The lowest BCUT2D eigenvalue weighted by atomic mass is 9.79. The van der Waals surface area contributed by atoms with Gasteiger partial charge in [-0.1, -0.05) is 6.58 Å². The van der Waals surface area contributed by atoms with Crippen molar-refractivity contribution in [3.05, 3.63) is 36.9 Å². The molecule has 2 saturated heterocycles. The maximum atomic E-state index is 13.8. The van der Waals surface area contributed by atoms with Crippen LogP contribution < -0.4 is 10.2 Å². The summed E-state index contributed by atoms with van der Waals surface area (Å²) >= 11 is 0. The number of hydrogen-bond acceptors (Lipinski definition) is 5. The third-order valence-corrected chi connectivity index (χ3v) is 9.12. The van der Waals surface area contributed by atoms with Crippen LogP contribution >= 0.6 is 0 Å². The quantitative estimate of drug-likeness (QED) is 0.617. The van der Waals surface area contributed by atoms with Crippen molar-refractivity contribution in [2.75, 3.05) is 25.2 Å². The van der Waals surface area contributed by atoms with E-state index < -0.39 is 21.1 Å². The highest BCUT2D eigenvalue weighted by Gasteiger charge is 2.51. The summed E-state index contributed by atoms with van der Waals surface area (Å²) in [6, 6.07) is 6.34. The van der Waals surface area contributed by atoms with Gasteiger partial charge in [-0.3, -0.25) is 9.59 Å². The van der Waals surface area contributed by atoms with E-state index in [1.54, 1.807) is 40.5 Å². The third-order valence-electron chi connectivity index (χ3n) is 6.79. The number of ether oxygens (including phenoxy) is 1. The summed E-state index contributed by atoms with van der Waals surface area (Å²) in [5, 5.41) is 2.93. The van der Waals surface area contributed by atoms with E-state index in [9.17, 15) is 18.0 Å². The zero-order valence-electron chi connectivity index (χ0n) is 20.8. The molecule has 9 heteroatoms. The van der Waals surface area contributed by atoms with Crippen molar-refractivity contribution in [3.8, 4) is 0 Å². The molecule has 0 saturated carbocycles. The van der Waals surface area contributed by atoms with E-state index in [1.165, 1.54) is 6.08 Å². The molecule has 0 bridgehead atoms. The molecular formula is C25H37N3O5S. The standard InChI is InChI=1S/C25H37N3O5S/c1-7-22(29)26-19-16-24(2,3)28(25(4,5)17-19)34(31,32)21-10-8-20(9-11-21)27(6)23(30)18-12-14-33-15-13-18/h7-11,18-19H,1,12-17H2,2-6H3,(H,26,29). The van der Waals surface area contributed by atoms with Gasteiger partial charge in [-0.05, 0) is 83.7 Å². The second-order valence-corrected chi connectivity index (χ2v) is 12.3. The first-order valence-electron chi connectivity index (χ1n) is 11.7. The van der Waals surface area contributed by atoms with Gasteiger partial charge >= 0.3 is 0 Å². The molecule has 0 radical (unpaired) electrons. The molecule has 2 aliphatic rings. The van der Waals surface area contributed by atoms with E-state index in [-0.39, 0.29) is 28.7 Å². The van der Waals surface area contributed by atoms with E-state index in [0.717, 1.165) is 0 Å². The number of anilines is 1. The molecule has 1 aromatic carbocycles. The van der Waals surface area contributed by atoms with Crippen LogP contribution in [0, 0.1) is 5.92 Å². The number of sulfonamides is 1. The molecule has 188 valence electrons. The van der Waals surface area contributed by atoms with Crippen LogP contribution in [0.3, 0.4) is 0 Å². The van der Waals surface area contributed by atoms with Gasteiger partial charge in [0.15, 0.2) is 0 Å². The van der Waals surface area contributed by atoms with Crippen LogP contribution in [0.5, 0.6) is 0 Å². The lowest BCUT2D eigenvalue weighted by Crippen LogP contribution is -2.65. The fourth-order valence-electron chi connectivity index (χ4n) is 5.57. The van der Waals surface area contributed by atoms with Crippen molar-refractivity contribution in [3.63, 3.8) is 0 Å². The zero-order valence-corrected chi connectivity index (χ0v) is 21.7. The van der Waals surface area contributed by atoms with E-state index in [1.807, 2.05) is 27.7 Å². The topological polar surface area (TPSA) is 96.0 Å². The number of hydrogen-bond donors (Lipinski definition) is 1. The van der Waals surface area contributed by atoms with Crippen LogP contribution in [0.1, 0.15) is 53.4 Å². The normalized spacial score (nSPS) is 21.6. The summed E-state index contributed by atoms with van der Waals surface area (Å²) in [5.41, 5.74) is -0.803. The monoisotopic (exact) mass is 491 g/mol. The Morgan fingerprint density at radius 1 is 1.09 bits per heavy atom. The van der Waals surface area contributed by atoms with E-state index in [4.69, 9.17) is 4.74 Å². The smallest absolute Gasteiger partial charge is 0.244 e.